The summed E-state index contributed by atoms with van der Waals surface area (Å²) in [4.78, 5) is 15.5. The lowest BCUT2D eigenvalue weighted by Crippen LogP contribution is -2.37. The second-order valence-corrected chi connectivity index (χ2v) is 3.47. The van der Waals surface area contributed by atoms with Gasteiger partial charge in [-0.1, -0.05) is 0 Å². The normalized spacial score (nSPS) is 10.2. The highest BCUT2D eigenvalue weighted by Gasteiger charge is 2.16. The molecule has 0 N–H and O–H groups in total. The van der Waals surface area contributed by atoms with E-state index in [1.165, 1.54) is 12.4 Å². The molecular formula is C12H9F2N2O+. The summed E-state index contributed by atoms with van der Waals surface area (Å²) in [6, 6.07) is 2.91. The smallest absolute Gasteiger partial charge is 0.230 e. The molecule has 0 aliphatic heterocycles. The van der Waals surface area contributed by atoms with Crippen molar-refractivity contribution in [1.29, 1.82) is 0 Å². The van der Waals surface area contributed by atoms with Gasteiger partial charge in [0.15, 0.2) is 12.4 Å². The Bertz CT molecular complexity index is 543. The maximum absolute atomic E-state index is 13.3. The van der Waals surface area contributed by atoms with E-state index in [4.69, 9.17) is 0 Å². The van der Waals surface area contributed by atoms with Crippen LogP contribution in [0.25, 0.3) is 0 Å². The molecule has 2 rings (SSSR count). The number of carbonyl (C=O) groups excluding carboxylic acids is 1. The first-order chi connectivity index (χ1) is 8.16. The van der Waals surface area contributed by atoms with Crippen LogP contribution in [0.2, 0.25) is 0 Å². The van der Waals surface area contributed by atoms with E-state index in [-0.39, 0.29) is 12.1 Å². The van der Waals surface area contributed by atoms with Crippen LogP contribution >= 0.6 is 0 Å². The summed E-state index contributed by atoms with van der Waals surface area (Å²) in [5, 5.41) is 0. The van der Waals surface area contributed by atoms with Gasteiger partial charge in [0.1, 0.15) is 11.6 Å². The Morgan fingerprint density at radius 2 is 1.94 bits per heavy atom. The Morgan fingerprint density at radius 3 is 2.59 bits per heavy atom. The van der Waals surface area contributed by atoms with E-state index < -0.39 is 17.4 Å². The third kappa shape index (κ3) is 2.69. The molecule has 3 nitrogen and oxygen atoms in total. The number of ketones is 1. The quantitative estimate of drug-likeness (QED) is 0.597. The molecule has 0 unspecified atom stereocenters. The van der Waals surface area contributed by atoms with Crippen molar-refractivity contribution in [3.63, 3.8) is 0 Å². The fourth-order valence-electron chi connectivity index (χ4n) is 1.42. The molecule has 0 atom stereocenters. The fourth-order valence-corrected chi connectivity index (χ4v) is 1.42. The van der Waals surface area contributed by atoms with Crippen LogP contribution < -0.4 is 4.57 Å². The predicted octanol–water partition coefficient (Wildman–Crippen LogP) is 1.53. The van der Waals surface area contributed by atoms with Crippen LogP contribution in [0, 0.1) is 11.6 Å². The van der Waals surface area contributed by atoms with E-state index in [9.17, 15) is 13.6 Å². The SMILES string of the molecule is O=C(C[n+]1ccncc1)c1ccc(F)cc1F. The van der Waals surface area contributed by atoms with Crippen LogP contribution in [0.5, 0.6) is 0 Å². The van der Waals surface area contributed by atoms with Crippen molar-refractivity contribution >= 4 is 5.78 Å². The van der Waals surface area contributed by atoms with Gasteiger partial charge in [-0.25, -0.2) is 8.78 Å². The van der Waals surface area contributed by atoms with Crippen LogP contribution in [0.3, 0.4) is 0 Å². The monoisotopic (exact) mass is 235 g/mol. The zero-order chi connectivity index (χ0) is 12.3. The zero-order valence-corrected chi connectivity index (χ0v) is 8.81. The van der Waals surface area contributed by atoms with Crippen molar-refractivity contribution in [2.75, 3.05) is 0 Å². The van der Waals surface area contributed by atoms with Crippen molar-refractivity contribution in [2.24, 2.45) is 0 Å². The first-order valence-electron chi connectivity index (χ1n) is 4.94. The second kappa shape index (κ2) is 4.78. The summed E-state index contributed by atoms with van der Waals surface area (Å²) in [7, 11) is 0. The summed E-state index contributed by atoms with van der Waals surface area (Å²) in [5.74, 6) is -1.96. The van der Waals surface area contributed by atoms with Crippen molar-refractivity contribution in [2.45, 2.75) is 6.54 Å². The highest BCUT2D eigenvalue weighted by molar-refractivity contribution is 5.95. The molecule has 0 saturated heterocycles. The fraction of sp³-hybridized carbons (Fsp3) is 0.0833. The van der Waals surface area contributed by atoms with E-state index in [1.54, 1.807) is 17.0 Å². The predicted molar refractivity (Wildman–Crippen MR) is 55.1 cm³/mol. The first-order valence-corrected chi connectivity index (χ1v) is 4.94. The largest absolute Gasteiger partial charge is 0.287 e. The highest BCUT2D eigenvalue weighted by Crippen LogP contribution is 2.10. The van der Waals surface area contributed by atoms with Crippen molar-refractivity contribution in [3.8, 4) is 0 Å². The van der Waals surface area contributed by atoms with Crippen molar-refractivity contribution in [3.05, 3.63) is 60.2 Å². The maximum atomic E-state index is 13.3. The molecule has 1 heterocycles. The number of benzene rings is 1. The van der Waals surface area contributed by atoms with Gasteiger partial charge < -0.3 is 0 Å². The summed E-state index contributed by atoms with van der Waals surface area (Å²) >= 11 is 0. The number of rotatable bonds is 3. The third-order valence-electron chi connectivity index (χ3n) is 2.25. The number of carbonyl (C=O) groups is 1. The molecule has 0 aliphatic carbocycles. The highest BCUT2D eigenvalue weighted by atomic mass is 19.1. The lowest BCUT2D eigenvalue weighted by Gasteiger charge is -2.00. The van der Waals surface area contributed by atoms with E-state index >= 15 is 0 Å². The number of aromatic nitrogens is 2. The van der Waals surface area contributed by atoms with Gasteiger partial charge in [0.25, 0.3) is 0 Å². The van der Waals surface area contributed by atoms with Gasteiger partial charge in [0.2, 0.25) is 12.3 Å². The Kier molecular flexibility index (Phi) is 3.18. The minimum Gasteiger partial charge on any atom is -0.287 e. The Hall–Kier alpha value is -2.17. The molecule has 0 amide bonds. The number of hydrogen-bond donors (Lipinski definition) is 0. The molecule has 17 heavy (non-hydrogen) atoms. The minimum atomic E-state index is -0.843. The molecular weight excluding hydrogens is 226 g/mol. The third-order valence-corrected chi connectivity index (χ3v) is 2.25. The van der Waals surface area contributed by atoms with Gasteiger partial charge in [-0.15, -0.1) is 0 Å². The van der Waals surface area contributed by atoms with Gasteiger partial charge in [-0.2, -0.15) is 4.57 Å². The summed E-state index contributed by atoms with van der Waals surface area (Å²) in [6.45, 7) is -0.00886. The van der Waals surface area contributed by atoms with Gasteiger partial charge in [0.05, 0.1) is 18.0 Å². The average Bonchev–Trinajstić information content (AvgIpc) is 2.30. The van der Waals surface area contributed by atoms with Crippen LogP contribution in [-0.4, -0.2) is 10.8 Å². The lowest BCUT2D eigenvalue weighted by atomic mass is 10.1. The molecule has 0 bridgehead atoms. The Balaban J connectivity index is 2.21. The summed E-state index contributed by atoms with van der Waals surface area (Å²) < 4.78 is 27.6. The number of Topliss-reactive ketones (excluding diaryl/α,β-unsaturated/α-hetero) is 1. The maximum Gasteiger partial charge on any atom is 0.230 e. The second-order valence-electron chi connectivity index (χ2n) is 3.47. The van der Waals surface area contributed by atoms with Crippen LogP contribution in [-0.2, 0) is 6.54 Å². The summed E-state index contributed by atoms with van der Waals surface area (Å²) in [5.41, 5.74) is -0.115. The lowest BCUT2D eigenvalue weighted by molar-refractivity contribution is -0.683. The average molecular weight is 235 g/mol. The van der Waals surface area contributed by atoms with E-state index in [0.29, 0.717) is 6.07 Å². The molecule has 0 spiro atoms. The van der Waals surface area contributed by atoms with E-state index in [2.05, 4.69) is 4.98 Å². The van der Waals surface area contributed by atoms with Gasteiger partial charge in [0, 0.05) is 6.07 Å². The first kappa shape index (κ1) is 11.3. The molecule has 1 aromatic carbocycles. The van der Waals surface area contributed by atoms with Crippen LogP contribution in [0.4, 0.5) is 8.78 Å². The zero-order valence-electron chi connectivity index (χ0n) is 8.81. The number of halogens is 2. The molecule has 86 valence electrons. The van der Waals surface area contributed by atoms with E-state index in [1.807, 2.05) is 0 Å². The minimum absolute atomic E-state index is 0.00886. The van der Waals surface area contributed by atoms with Gasteiger partial charge >= 0.3 is 0 Å². The Labute approximate surface area is 96.4 Å². The molecule has 0 radical (unpaired) electrons. The topological polar surface area (TPSA) is 33.8 Å². The van der Waals surface area contributed by atoms with Crippen molar-refractivity contribution in [1.82, 2.24) is 4.98 Å². The molecule has 0 aliphatic rings. The molecule has 0 fully saturated rings. The summed E-state index contributed by atoms with van der Waals surface area (Å²) in [6.07, 6.45) is 6.24. The van der Waals surface area contributed by atoms with E-state index in [0.717, 1.165) is 12.1 Å². The van der Waals surface area contributed by atoms with Crippen LogP contribution in [0.1, 0.15) is 10.4 Å². The van der Waals surface area contributed by atoms with Crippen molar-refractivity contribution < 1.29 is 18.1 Å². The van der Waals surface area contributed by atoms with Crippen LogP contribution in [0.15, 0.2) is 43.0 Å². The Morgan fingerprint density at radius 1 is 1.24 bits per heavy atom. The molecule has 5 heteroatoms. The van der Waals surface area contributed by atoms with Gasteiger partial charge in [-0.3, -0.25) is 9.78 Å². The molecule has 0 saturated carbocycles. The number of hydrogen-bond acceptors (Lipinski definition) is 2. The standard InChI is InChI=1S/C12H9F2N2O/c13-9-1-2-10(11(14)7-9)12(17)8-16-5-3-15-4-6-16/h1-7H,8H2/q+1. The molecule has 1 aromatic heterocycles. The number of nitrogens with zero attached hydrogens (tertiary/aromatic N) is 2. The van der Waals surface area contributed by atoms with Gasteiger partial charge in [-0.05, 0) is 12.1 Å². The molecule has 2 aromatic rings.